The first-order valence-corrected chi connectivity index (χ1v) is 6.11. The summed E-state index contributed by atoms with van der Waals surface area (Å²) >= 11 is 9.48. The standard InChI is InChI=1S/C14H12BrClO/c1-17-13-5-2-10(3-6-13)8-11-9-12(15)4-7-14(11)16/h2-7,9H,8H2,1H3/i2D,3D,5D,6D. The maximum atomic E-state index is 8.02. The Morgan fingerprint density at radius 3 is 2.65 bits per heavy atom. The van der Waals surface area contributed by atoms with Crippen molar-refractivity contribution in [1.29, 1.82) is 0 Å². The Kier molecular flexibility index (Phi) is 2.67. The first-order chi connectivity index (χ1) is 9.86. The highest BCUT2D eigenvalue weighted by Gasteiger charge is 2.03. The van der Waals surface area contributed by atoms with Crippen LogP contribution in [0.3, 0.4) is 0 Å². The lowest BCUT2D eigenvalue weighted by atomic mass is 10.1. The average Bonchev–Trinajstić information content (AvgIpc) is 2.45. The van der Waals surface area contributed by atoms with E-state index in [4.69, 9.17) is 21.8 Å². The van der Waals surface area contributed by atoms with Gasteiger partial charge in [-0.05, 0) is 47.8 Å². The summed E-state index contributed by atoms with van der Waals surface area (Å²) in [5.41, 5.74) is 1.03. The molecule has 0 bridgehead atoms. The topological polar surface area (TPSA) is 9.23 Å². The summed E-state index contributed by atoms with van der Waals surface area (Å²) in [7, 11) is 1.33. The van der Waals surface area contributed by atoms with Crippen molar-refractivity contribution in [3.05, 3.63) is 63.0 Å². The second-order valence-corrected chi connectivity index (χ2v) is 4.75. The molecule has 1 nitrogen and oxygen atoms in total. The van der Waals surface area contributed by atoms with E-state index in [0.717, 1.165) is 10.0 Å². The normalized spacial score (nSPS) is 13.6. The zero-order chi connectivity index (χ0) is 15.7. The number of benzene rings is 2. The molecule has 0 radical (unpaired) electrons. The van der Waals surface area contributed by atoms with Crippen LogP contribution in [0.25, 0.3) is 0 Å². The zero-order valence-corrected chi connectivity index (χ0v) is 11.4. The lowest BCUT2D eigenvalue weighted by Crippen LogP contribution is -1.90. The van der Waals surface area contributed by atoms with Crippen molar-refractivity contribution in [2.75, 3.05) is 7.11 Å². The van der Waals surface area contributed by atoms with Crippen molar-refractivity contribution in [3.63, 3.8) is 0 Å². The third-order valence-electron chi connectivity index (χ3n) is 2.23. The molecule has 0 aliphatic rings. The molecule has 0 saturated heterocycles. The molecular formula is C14H12BrClO. The fourth-order valence-corrected chi connectivity index (χ4v) is 1.98. The zero-order valence-electron chi connectivity index (χ0n) is 13.1. The summed E-state index contributed by atoms with van der Waals surface area (Å²) in [4.78, 5) is 0. The molecule has 0 unspecified atom stereocenters. The monoisotopic (exact) mass is 314 g/mol. The van der Waals surface area contributed by atoms with Gasteiger partial charge in [0.25, 0.3) is 0 Å². The highest BCUT2D eigenvalue weighted by Crippen LogP contribution is 2.24. The summed E-state index contributed by atoms with van der Waals surface area (Å²) in [6, 6.07) is 4.75. The smallest absolute Gasteiger partial charge is 0.118 e. The van der Waals surface area contributed by atoms with Crippen LogP contribution in [0.1, 0.15) is 16.6 Å². The fraction of sp³-hybridized carbons (Fsp3) is 0.143. The van der Waals surface area contributed by atoms with Crippen molar-refractivity contribution in [3.8, 4) is 5.75 Å². The van der Waals surface area contributed by atoms with Crippen LogP contribution in [0.15, 0.2) is 46.8 Å². The quantitative estimate of drug-likeness (QED) is 0.797. The largest absolute Gasteiger partial charge is 0.497 e. The second kappa shape index (κ2) is 5.56. The molecule has 0 saturated carbocycles. The van der Waals surface area contributed by atoms with E-state index in [1.165, 1.54) is 7.11 Å². The molecule has 0 aliphatic heterocycles. The van der Waals surface area contributed by atoms with Gasteiger partial charge in [-0.15, -0.1) is 0 Å². The van der Waals surface area contributed by atoms with Gasteiger partial charge in [0.05, 0.1) is 12.6 Å². The van der Waals surface area contributed by atoms with Gasteiger partial charge in [0.1, 0.15) is 5.75 Å². The first kappa shape index (κ1) is 8.17. The van der Waals surface area contributed by atoms with Crippen LogP contribution in [-0.4, -0.2) is 7.11 Å². The predicted octanol–water partition coefficient (Wildman–Crippen LogP) is 4.70. The van der Waals surface area contributed by atoms with Gasteiger partial charge in [0, 0.05) is 9.50 Å². The van der Waals surface area contributed by atoms with Gasteiger partial charge < -0.3 is 4.74 Å². The van der Waals surface area contributed by atoms with Gasteiger partial charge >= 0.3 is 0 Å². The van der Waals surface area contributed by atoms with E-state index < -0.39 is 0 Å². The van der Waals surface area contributed by atoms with E-state index in [0.29, 0.717) is 10.6 Å². The molecule has 0 amide bonds. The molecule has 88 valence electrons. The molecule has 0 heterocycles. The number of hydrogen-bond acceptors (Lipinski definition) is 1. The highest BCUT2D eigenvalue weighted by molar-refractivity contribution is 9.10. The Balaban J connectivity index is 2.57. The molecule has 0 fully saturated rings. The van der Waals surface area contributed by atoms with Crippen LogP contribution >= 0.6 is 27.5 Å². The number of methoxy groups -OCH3 is 1. The molecular weight excluding hydrogens is 300 g/mol. The Bertz CT molecular complexity index is 677. The Morgan fingerprint density at radius 1 is 1.29 bits per heavy atom. The number of ether oxygens (including phenoxy) is 1. The Hall–Kier alpha value is -0.990. The molecule has 0 atom stereocenters. The van der Waals surface area contributed by atoms with Gasteiger partial charge in [-0.3, -0.25) is 0 Å². The second-order valence-electron chi connectivity index (χ2n) is 3.42. The van der Waals surface area contributed by atoms with E-state index >= 15 is 0 Å². The third kappa shape index (κ3) is 3.24. The number of halogens is 2. The van der Waals surface area contributed by atoms with Crippen LogP contribution in [0.4, 0.5) is 0 Å². The molecule has 0 aliphatic carbocycles. The van der Waals surface area contributed by atoms with Gasteiger partial charge in [-0.1, -0.05) is 39.6 Å². The van der Waals surface area contributed by atoms with Crippen molar-refractivity contribution in [2.24, 2.45) is 0 Å². The lowest BCUT2D eigenvalue weighted by molar-refractivity contribution is 0.414. The molecule has 2 rings (SSSR count). The molecule has 2 aromatic carbocycles. The molecule has 0 spiro atoms. The summed E-state index contributed by atoms with van der Waals surface area (Å²) < 4.78 is 37.6. The summed E-state index contributed by atoms with van der Waals surface area (Å²) in [6.45, 7) is 0. The van der Waals surface area contributed by atoms with Crippen molar-refractivity contribution in [2.45, 2.75) is 6.42 Å². The van der Waals surface area contributed by atoms with Crippen LogP contribution in [0.5, 0.6) is 5.75 Å². The fourth-order valence-electron chi connectivity index (χ4n) is 1.39. The van der Waals surface area contributed by atoms with Crippen LogP contribution in [-0.2, 0) is 6.42 Å². The maximum Gasteiger partial charge on any atom is 0.118 e. The van der Waals surface area contributed by atoms with Gasteiger partial charge in [0.2, 0.25) is 0 Å². The van der Waals surface area contributed by atoms with E-state index in [2.05, 4.69) is 15.9 Å². The minimum absolute atomic E-state index is 0.0471. The van der Waals surface area contributed by atoms with Crippen molar-refractivity contribution < 1.29 is 10.2 Å². The van der Waals surface area contributed by atoms with Crippen LogP contribution in [0.2, 0.25) is 5.02 Å². The van der Waals surface area contributed by atoms with Crippen molar-refractivity contribution >= 4 is 27.5 Å². The van der Waals surface area contributed by atoms with Crippen LogP contribution < -0.4 is 4.74 Å². The van der Waals surface area contributed by atoms with E-state index in [9.17, 15) is 0 Å². The third-order valence-corrected chi connectivity index (χ3v) is 3.09. The molecule has 2 aromatic rings. The van der Waals surface area contributed by atoms with Gasteiger partial charge in [-0.2, -0.15) is 0 Å². The summed E-state index contributed by atoms with van der Waals surface area (Å²) in [5, 5.41) is 0.519. The van der Waals surface area contributed by atoms with Gasteiger partial charge in [-0.25, -0.2) is 0 Å². The molecule has 0 N–H and O–H groups in total. The maximum absolute atomic E-state index is 8.02. The minimum atomic E-state index is -0.181. The minimum Gasteiger partial charge on any atom is -0.497 e. The summed E-state index contributed by atoms with van der Waals surface area (Å²) in [5.74, 6) is -0.0471. The molecule has 0 aromatic heterocycles. The Morgan fingerprint density at radius 2 is 2.00 bits per heavy atom. The summed E-state index contributed by atoms with van der Waals surface area (Å²) in [6.07, 6.45) is 0.220. The molecule has 17 heavy (non-hydrogen) atoms. The lowest BCUT2D eigenvalue weighted by Gasteiger charge is -2.06. The van der Waals surface area contributed by atoms with E-state index in [1.807, 2.05) is 0 Å². The highest BCUT2D eigenvalue weighted by atomic mass is 79.9. The number of rotatable bonds is 3. The molecule has 3 heteroatoms. The van der Waals surface area contributed by atoms with Gasteiger partial charge in [0.15, 0.2) is 0 Å². The van der Waals surface area contributed by atoms with Crippen LogP contribution in [0, 0.1) is 0 Å². The van der Waals surface area contributed by atoms with E-state index in [-0.39, 0.29) is 36.3 Å². The van der Waals surface area contributed by atoms with Crippen molar-refractivity contribution in [1.82, 2.24) is 0 Å². The Labute approximate surface area is 120 Å². The number of hydrogen-bond donors (Lipinski definition) is 0. The SMILES string of the molecule is [2H]c1c([2H])c(OC)c([2H])c([2H])c1Cc1cc(Br)ccc1Cl. The van der Waals surface area contributed by atoms with E-state index in [1.54, 1.807) is 18.2 Å². The average molecular weight is 316 g/mol. The first-order valence-electron chi connectivity index (χ1n) is 6.94. The predicted molar refractivity (Wildman–Crippen MR) is 75.0 cm³/mol.